The van der Waals surface area contributed by atoms with Gasteiger partial charge < -0.3 is 15.4 Å². The summed E-state index contributed by atoms with van der Waals surface area (Å²) >= 11 is 12.2. The van der Waals surface area contributed by atoms with E-state index in [-0.39, 0.29) is 22.7 Å². The number of hydrogen-bond donors (Lipinski definition) is 2. The van der Waals surface area contributed by atoms with Gasteiger partial charge >= 0.3 is 0 Å². The molecular formula is C30H27Cl2N3O4. The summed E-state index contributed by atoms with van der Waals surface area (Å²) in [5.74, 6) is -0.467. The molecule has 5 rings (SSSR count). The number of halogens is 2. The molecule has 0 saturated heterocycles. The molecule has 9 heteroatoms. The molecule has 3 aromatic carbocycles. The van der Waals surface area contributed by atoms with E-state index in [1.54, 1.807) is 48.5 Å². The first-order chi connectivity index (χ1) is 18.9. The fourth-order valence-electron chi connectivity index (χ4n) is 4.73. The summed E-state index contributed by atoms with van der Waals surface area (Å²) in [5, 5.41) is 6.40. The molecule has 7 nitrogen and oxygen atoms in total. The summed E-state index contributed by atoms with van der Waals surface area (Å²) in [5.41, 5.74) is 2.67. The average molecular weight is 564 g/mol. The number of nitrogens with zero attached hydrogens (tertiary/aromatic N) is 1. The SMILES string of the molecule is O=C(Nc1ccc(OCc2ccc(Cl)cc2)cc1)c1ccc(NC2=C(Cl)C(=O)N(C3CCCCC3)C2=O)cc1. The average Bonchev–Trinajstić information content (AvgIpc) is 3.17. The molecule has 1 fully saturated rings. The smallest absolute Gasteiger partial charge is 0.279 e. The van der Waals surface area contributed by atoms with E-state index in [1.165, 1.54) is 4.90 Å². The summed E-state index contributed by atoms with van der Waals surface area (Å²) in [4.78, 5) is 39.7. The van der Waals surface area contributed by atoms with Crippen LogP contribution in [0.1, 0.15) is 48.0 Å². The van der Waals surface area contributed by atoms with Gasteiger partial charge in [0.05, 0.1) is 0 Å². The number of hydrogen-bond acceptors (Lipinski definition) is 5. The zero-order valence-electron chi connectivity index (χ0n) is 21.1. The Labute approximate surface area is 236 Å². The van der Waals surface area contributed by atoms with Crippen LogP contribution in [0.25, 0.3) is 0 Å². The molecule has 0 atom stereocenters. The van der Waals surface area contributed by atoms with E-state index in [0.29, 0.717) is 34.3 Å². The number of nitrogens with one attached hydrogen (secondary N) is 2. The standard InChI is InChI=1S/C30H27Cl2N3O4/c31-21-10-6-19(7-11-21)18-39-25-16-14-23(15-17-25)34-28(36)20-8-12-22(13-9-20)33-27-26(32)29(37)35(30(27)38)24-4-2-1-3-5-24/h6-17,24,33H,1-5,18H2,(H,34,36). The number of benzene rings is 3. The van der Waals surface area contributed by atoms with Crippen LogP contribution in [0, 0.1) is 0 Å². The van der Waals surface area contributed by atoms with Crippen molar-refractivity contribution in [2.24, 2.45) is 0 Å². The lowest BCUT2D eigenvalue weighted by Gasteiger charge is -2.29. The van der Waals surface area contributed by atoms with E-state index in [4.69, 9.17) is 27.9 Å². The van der Waals surface area contributed by atoms with Gasteiger partial charge in [-0.1, -0.05) is 54.6 Å². The number of amides is 3. The Morgan fingerprint density at radius 2 is 1.46 bits per heavy atom. The minimum Gasteiger partial charge on any atom is -0.489 e. The van der Waals surface area contributed by atoms with Crippen molar-refractivity contribution in [2.75, 3.05) is 10.6 Å². The third-order valence-electron chi connectivity index (χ3n) is 6.85. The quantitative estimate of drug-likeness (QED) is 0.296. The second-order valence-corrected chi connectivity index (χ2v) is 10.4. The maximum Gasteiger partial charge on any atom is 0.279 e. The predicted molar refractivity (Wildman–Crippen MR) is 152 cm³/mol. The molecule has 3 aromatic rings. The molecule has 1 aliphatic carbocycles. The van der Waals surface area contributed by atoms with Gasteiger partial charge in [0.25, 0.3) is 17.7 Å². The van der Waals surface area contributed by atoms with Gasteiger partial charge in [0.15, 0.2) is 0 Å². The highest BCUT2D eigenvalue weighted by atomic mass is 35.5. The van der Waals surface area contributed by atoms with Gasteiger partial charge in [-0.15, -0.1) is 0 Å². The molecule has 0 unspecified atom stereocenters. The third kappa shape index (κ3) is 6.27. The molecule has 39 heavy (non-hydrogen) atoms. The van der Waals surface area contributed by atoms with Crippen molar-refractivity contribution in [3.63, 3.8) is 0 Å². The van der Waals surface area contributed by atoms with E-state index in [0.717, 1.165) is 37.7 Å². The summed E-state index contributed by atoms with van der Waals surface area (Å²) in [7, 11) is 0. The van der Waals surface area contributed by atoms with Crippen molar-refractivity contribution in [3.8, 4) is 5.75 Å². The molecule has 1 heterocycles. The van der Waals surface area contributed by atoms with Crippen molar-refractivity contribution < 1.29 is 19.1 Å². The highest BCUT2D eigenvalue weighted by Gasteiger charge is 2.42. The van der Waals surface area contributed by atoms with Gasteiger partial charge in [0, 0.05) is 28.0 Å². The first-order valence-electron chi connectivity index (χ1n) is 12.8. The van der Waals surface area contributed by atoms with Crippen molar-refractivity contribution in [3.05, 3.63) is 99.7 Å². The maximum atomic E-state index is 13.0. The number of carbonyl (C=O) groups is 3. The number of carbonyl (C=O) groups excluding carboxylic acids is 3. The second kappa shape index (κ2) is 11.9. The largest absolute Gasteiger partial charge is 0.489 e. The summed E-state index contributed by atoms with van der Waals surface area (Å²) in [6, 6.07) is 21.0. The lowest BCUT2D eigenvalue weighted by atomic mass is 9.94. The van der Waals surface area contributed by atoms with Gasteiger partial charge in [-0.3, -0.25) is 19.3 Å². The molecule has 0 aromatic heterocycles. The zero-order valence-corrected chi connectivity index (χ0v) is 22.6. The molecule has 1 saturated carbocycles. The molecule has 2 aliphatic rings. The third-order valence-corrected chi connectivity index (χ3v) is 7.45. The summed E-state index contributed by atoms with van der Waals surface area (Å²) < 4.78 is 5.78. The molecule has 3 amide bonds. The Morgan fingerprint density at radius 3 is 2.13 bits per heavy atom. The van der Waals surface area contributed by atoms with Gasteiger partial charge in [-0.2, -0.15) is 0 Å². The van der Waals surface area contributed by atoms with Crippen LogP contribution in [-0.2, 0) is 16.2 Å². The maximum absolute atomic E-state index is 13.0. The van der Waals surface area contributed by atoms with Crippen LogP contribution in [0.5, 0.6) is 5.75 Å². The molecule has 1 aliphatic heterocycles. The number of anilines is 2. The van der Waals surface area contributed by atoms with Gasteiger partial charge in [-0.25, -0.2) is 0 Å². The minimum atomic E-state index is -0.450. The fraction of sp³-hybridized carbons (Fsp3) is 0.233. The second-order valence-electron chi connectivity index (χ2n) is 9.56. The lowest BCUT2D eigenvalue weighted by Crippen LogP contribution is -2.42. The van der Waals surface area contributed by atoms with Crippen LogP contribution >= 0.6 is 23.2 Å². The molecule has 0 radical (unpaired) electrons. The summed E-state index contributed by atoms with van der Waals surface area (Å²) in [6.45, 7) is 0.406. The molecule has 200 valence electrons. The number of rotatable bonds is 8. The highest BCUT2D eigenvalue weighted by Crippen LogP contribution is 2.32. The topological polar surface area (TPSA) is 87.7 Å². The van der Waals surface area contributed by atoms with Crippen LogP contribution in [0.4, 0.5) is 11.4 Å². The molecule has 0 bridgehead atoms. The van der Waals surface area contributed by atoms with E-state index in [9.17, 15) is 14.4 Å². The van der Waals surface area contributed by atoms with Crippen molar-refractivity contribution in [1.29, 1.82) is 0 Å². The Bertz CT molecular complexity index is 1400. The first-order valence-corrected chi connectivity index (χ1v) is 13.6. The van der Waals surface area contributed by atoms with Crippen molar-refractivity contribution in [2.45, 2.75) is 44.8 Å². The number of imide groups is 1. The Morgan fingerprint density at radius 1 is 0.821 bits per heavy atom. The van der Waals surface area contributed by atoms with Crippen LogP contribution in [0.3, 0.4) is 0 Å². The molecule has 0 spiro atoms. The van der Waals surface area contributed by atoms with Crippen LogP contribution < -0.4 is 15.4 Å². The van der Waals surface area contributed by atoms with Crippen molar-refractivity contribution >= 4 is 52.3 Å². The Kier molecular flexibility index (Phi) is 8.19. The summed E-state index contributed by atoms with van der Waals surface area (Å²) in [6.07, 6.45) is 4.71. The Hall–Kier alpha value is -3.81. The van der Waals surface area contributed by atoms with Gasteiger partial charge in [-0.05, 0) is 79.1 Å². The van der Waals surface area contributed by atoms with Crippen molar-refractivity contribution in [1.82, 2.24) is 4.90 Å². The van der Waals surface area contributed by atoms with Crippen LogP contribution in [0.15, 0.2) is 83.5 Å². The minimum absolute atomic E-state index is 0.0720. The van der Waals surface area contributed by atoms with Crippen LogP contribution in [0.2, 0.25) is 5.02 Å². The molecule has 2 N–H and O–H groups in total. The Balaban J connectivity index is 1.16. The van der Waals surface area contributed by atoms with E-state index >= 15 is 0 Å². The normalized spacial score (nSPS) is 16.0. The van der Waals surface area contributed by atoms with Crippen LogP contribution in [-0.4, -0.2) is 28.7 Å². The lowest BCUT2D eigenvalue weighted by molar-refractivity contribution is -0.140. The fourth-order valence-corrected chi connectivity index (χ4v) is 5.08. The monoisotopic (exact) mass is 563 g/mol. The van der Waals surface area contributed by atoms with E-state index < -0.39 is 11.8 Å². The molecular weight excluding hydrogens is 537 g/mol. The zero-order chi connectivity index (χ0) is 27.4. The highest BCUT2D eigenvalue weighted by molar-refractivity contribution is 6.48. The van der Waals surface area contributed by atoms with E-state index in [1.807, 2.05) is 24.3 Å². The van der Waals surface area contributed by atoms with Gasteiger partial charge in [0.1, 0.15) is 23.1 Å². The number of ether oxygens (including phenoxy) is 1. The van der Waals surface area contributed by atoms with E-state index in [2.05, 4.69) is 10.6 Å². The predicted octanol–water partition coefficient (Wildman–Crippen LogP) is 6.74. The van der Waals surface area contributed by atoms with Gasteiger partial charge in [0.2, 0.25) is 0 Å². The first kappa shape index (κ1) is 26.8.